The summed E-state index contributed by atoms with van der Waals surface area (Å²) in [5.74, 6) is 3.01. The normalized spacial score (nSPS) is 19.1. The summed E-state index contributed by atoms with van der Waals surface area (Å²) in [5, 5.41) is 13.3. The third-order valence-electron chi connectivity index (χ3n) is 7.57. The molecule has 2 fully saturated rings. The second-order valence-corrected chi connectivity index (χ2v) is 9.51. The SMILES string of the molecule is COc1ccc(C(c2nnnn2C2CCCCC2)N2CCC(c3ccccc3)CC2)cc1OC. The Kier molecular flexibility index (Phi) is 7.09. The summed E-state index contributed by atoms with van der Waals surface area (Å²) >= 11 is 0. The molecule has 2 heterocycles. The van der Waals surface area contributed by atoms with E-state index in [2.05, 4.69) is 67.6 Å². The number of aromatic nitrogens is 4. The quantitative estimate of drug-likeness (QED) is 0.484. The van der Waals surface area contributed by atoms with Crippen molar-refractivity contribution in [3.05, 3.63) is 65.5 Å². The van der Waals surface area contributed by atoms with E-state index in [4.69, 9.17) is 9.47 Å². The molecule has 0 radical (unpaired) electrons. The van der Waals surface area contributed by atoms with E-state index in [1.165, 1.54) is 24.8 Å². The van der Waals surface area contributed by atoms with Crippen molar-refractivity contribution in [1.82, 2.24) is 25.1 Å². The molecule has 1 aliphatic carbocycles. The minimum atomic E-state index is -0.0199. The summed E-state index contributed by atoms with van der Waals surface area (Å²) in [7, 11) is 3.36. The average Bonchev–Trinajstić information content (AvgIpc) is 3.39. The van der Waals surface area contributed by atoms with Crippen LogP contribution in [0.4, 0.5) is 0 Å². The van der Waals surface area contributed by atoms with Crippen LogP contribution in [0.2, 0.25) is 0 Å². The molecule has 1 saturated carbocycles. The molecular formula is C27H35N5O2. The van der Waals surface area contributed by atoms with Gasteiger partial charge in [-0.2, -0.15) is 0 Å². The smallest absolute Gasteiger partial charge is 0.173 e. The molecule has 2 aromatic carbocycles. The van der Waals surface area contributed by atoms with Gasteiger partial charge in [-0.05, 0) is 78.4 Å². The van der Waals surface area contributed by atoms with Gasteiger partial charge in [-0.15, -0.1) is 5.10 Å². The van der Waals surface area contributed by atoms with E-state index in [1.807, 2.05) is 6.07 Å². The molecule has 0 N–H and O–H groups in total. The first-order valence-electron chi connectivity index (χ1n) is 12.6. The number of likely N-dealkylation sites (tertiary alicyclic amines) is 1. The van der Waals surface area contributed by atoms with Crippen molar-refractivity contribution >= 4 is 0 Å². The second-order valence-electron chi connectivity index (χ2n) is 9.51. The first-order valence-corrected chi connectivity index (χ1v) is 12.6. The highest BCUT2D eigenvalue weighted by atomic mass is 16.5. The lowest BCUT2D eigenvalue weighted by atomic mass is 9.88. The van der Waals surface area contributed by atoms with Crippen molar-refractivity contribution in [3.8, 4) is 11.5 Å². The van der Waals surface area contributed by atoms with E-state index in [1.54, 1.807) is 14.2 Å². The van der Waals surface area contributed by atoms with Gasteiger partial charge in [0, 0.05) is 0 Å². The van der Waals surface area contributed by atoms with Crippen LogP contribution in [0.1, 0.15) is 79.9 Å². The average molecular weight is 462 g/mol. The van der Waals surface area contributed by atoms with Crippen molar-refractivity contribution in [2.45, 2.75) is 62.9 Å². The zero-order valence-electron chi connectivity index (χ0n) is 20.3. The summed E-state index contributed by atoms with van der Waals surface area (Å²) in [6.45, 7) is 1.99. The largest absolute Gasteiger partial charge is 0.493 e. The lowest BCUT2D eigenvalue weighted by Gasteiger charge is -2.38. The molecule has 1 unspecified atom stereocenters. The summed E-state index contributed by atoms with van der Waals surface area (Å²) in [6.07, 6.45) is 8.33. The fourth-order valence-electron chi connectivity index (χ4n) is 5.73. The van der Waals surface area contributed by atoms with E-state index in [9.17, 15) is 0 Å². The highest BCUT2D eigenvalue weighted by molar-refractivity contribution is 5.45. The van der Waals surface area contributed by atoms with Crippen molar-refractivity contribution in [3.63, 3.8) is 0 Å². The van der Waals surface area contributed by atoms with Gasteiger partial charge in [-0.25, -0.2) is 4.68 Å². The molecule has 5 rings (SSSR count). The molecule has 2 aliphatic rings. The Morgan fingerprint density at radius 1 is 0.853 bits per heavy atom. The molecule has 0 spiro atoms. The molecule has 1 aromatic heterocycles. The molecule has 34 heavy (non-hydrogen) atoms. The van der Waals surface area contributed by atoms with E-state index >= 15 is 0 Å². The van der Waals surface area contributed by atoms with Crippen molar-refractivity contribution in [2.75, 3.05) is 27.3 Å². The number of piperidine rings is 1. The molecular weight excluding hydrogens is 426 g/mol. The number of tetrazole rings is 1. The fraction of sp³-hybridized carbons (Fsp3) is 0.519. The first-order chi connectivity index (χ1) is 16.8. The zero-order chi connectivity index (χ0) is 23.3. The summed E-state index contributed by atoms with van der Waals surface area (Å²) in [5.41, 5.74) is 2.58. The number of hydrogen-bond acceptors (Lipinski definition) is 6. The number of methoxy groups -OCH3 is 2. The standard InChI is InChI=1S/C27H35N5O2/c1-33-24-14-13-22(19-25(24)34-2)26(27-28-29-30-32(27)23-11-7-4-8-12-23)31-17-15-21(16-18-31)20-9-5-3-6-10-20/h3,5-6,9-10,13-14,19,21,23,26H,4,7-8,11-12,15-18H2,1-2H3. The monoisotopic (exact) mass is 461 g/mol. The number of hydrogen-bond donors (Lipinski definition) is 0. The Labute approximate surface area is 202 Å². The second kappa shape index (κ2) is 10.6. The Bertz CT molecular complexity index is 1060. The first kappa shape index (κ1) is 22.8. The third-order valence-corrected chi connectivity index (χ3v) is 7.57. The number of ether oxygens (including phenoxy) is 2. The fourth-order valence-corrected chi connectivity index (χ4v) is 5.73. The van der Waals surface area contributed by atoms with Gasteiger partial charge in [0.25, 0.3) is 0 Å². The van der Waals surface area contributed by atoms with Crippen LogP contribution >= 0.6 is 0 Å². The van der Waals surface area contributed by atoms with Gasteiger partial charge in [0.2, 0.25) is 0 Å². The van der Waals surface area contributed by atoms with Crippen LogP contribution in [0.3, 0.4) is 0 Å². The molecule has 1 aliphatic heterocycles. The molecule has 1 atom stereocenters. The predicted molar refractivity (Wildman–Crippen MR) is 131 cm³/mol. The Morgan fingerprint density at radius 2 is 1.59 bits per heavy atom. The topological polar surface area (TPSA) is 65.3 Å². The molecule has 3 aromatic rings. The van der Waals surface area contributed by atoms with Crippen LogP contribution in [0.5, 0.6) is 11.5 Å². The van der Waals surface area contributed by atoms with E-state index in [0.29, 0.717) is 12.0 Å². The lowest BCUT2D eigenvalue weighted by Crippen LogP contribution is -2.38. The minimum Gasteiger partial charge on any atom is -0.493 e. The third kappa shape index (κ3) is 4.67. The molecule has 180 valence electrons. The van der Waals surface area contributed by atoms with Crippen LogP contribution in [-0.2, 0) is 0 Å². The molecule has 1 saturated heterocycles. The Balaban J connectivity index is 1.47. The van der Waals surface area contributed by atoms with Crippen LogP contribution in [0.25, 0.3) is 0 Å². The number of rotatable bonds is 7. The van der Waals surface area contributed by atoms with E-state index in [-0.39, 0.29) is 6.04 Å². The van der Waals surface area contributed by atoms with Gasteiger partial charge in [-0.3, -0.25) is 4.90 Å². The maximum absolute atomic E-state index is 5.65. The van der Waals surface area contributed by atoms with E-state index < -0.39 is 0 Å². The summed E-state index contributed by atoms with van der Waals surface area (Å²) < 4.78 is 13.3. The van der Waals surface area contributed by atoms with Crippen molar-refractivity contribution in [2.24, 2.45) is 0 Å². The zero-order valence-corrected chi connectivity index (χ0v) is 20.3. The van der Waals surface area contributed by atoms with Crippen molar-refractivity contribution < 1.29 is 9.47 Å². The summed E-state index contributed by atoms with van der Waals surface area (Å²) in [6, 6.07) is 17.5. The van der Waals surface area contributed by atoms with Gasteiger partial charge in [-0.1, -0.05) is 55.7 Å². The van der Waals surface area contributed by atoms with Crippen LogP contribution in [0.15, 0.2) is 48.5 Å². The van der Waals surface area contributed by atoms with Crippen LogP contribution in [-0.4, -0.2) is 52.4 Å². The number of nitrogens with zero attached hydrogens (tertiary/aromatic N) is 5. The summed E-state index contributed by atoms with van der Waals surface area (Å²) in [4.78, 5) is 2.55. The van der Waals surface area contributed by atoms with Crippen LogP contribution in [0, 0.1) is 0 Å². The highest BCUT2D eigenvalue weighted by Gasteiger charge is 2.34. The number of benzene rings is 2. The highest BCUT2D eigenvalue weighted by Crippen LogP contribution is 2.39. The predicted octanol–water partition coefficient (Wildman–Crippen LogP) is 5.16. The van der Waals surface area contributed by atoms with Gasteiger partial charge in [0.05, 0.1) is 26.3 Å². The van der Waals surface area contributed by atoms with Gasteiger partial charge >= 0.3 is 0 Å². The van der Waals surface area contributed by atoms with Gasteiger partial charge < -0.3 is 9.47 Å². The van der Waals surface area contributed by atoms with Gasteiger partial charge in [0.1, 0.15) is 0 Å². The van der Waals surface area contributed by atoms with E-state index in [0.717, 1.165) is 61.7 Å². The maximum Gasteiger partial charge on any atom is 0.173 e. The molecule has 0 amide bonds. The molecule has 7 heteroatoms. The van der Waals surface area contributed by atoms with Crippen LogP contribution < -0.4 is 9.47 Å². The lowest BCUT2D eigenvalue weighted by molar-refractivity contribution is 0.160. The van der Waals surface area contributed by atoms with Gasteiger partial charge in [0.15, 0.2) is 17.3 Å². The Hall–Kier alpha value is -2.93. The Morgan fingerprint density at radius 3 is 2.29 bits per heavy atom. The van der Waals surface area contributed by atoms with Crippen molar-refractivity contribution in [1.29, 1.82) is 0 Å². The minimum absolute atomic E-state index is 0.0199. The molecule has 0 bridgehead atoms. The maximum atomic E-state index is 5.65. The molecule has 7 nitrogen and oxygen atoms in total.